The van der Waals surface area contributed by atoms with Crippen molar-refractivity contribution in [1.29, 1.82) is 0 Å². The molecular weight excluding hydrogens is 552 g/mol. The Morgan fingerprint density at radius 2 is 1.36 bits per heavy atom. The quantitative estimate of drug-likeness (QED) is 0.0981. The van der Waals surface area contributed by atoms with E-state index in [1.165, 1.54) is 38.5 Å². The lowest BCUT2D eigenvalue weighted by Gasteiger charge is -2.09. The molecule has 0 aromatic carbocycles. The van der Waals surface area contributed by atoms with Gasteiger partial charge >= 0.3 is 17.9 Å². The molecule has 0 aromatic heterocycles. The average molecular weight is 581 g/mol. The van der Waals surface area contributed by atoms with Gasteiger partial charge in [0.25, 0.3) is 0 Å². The van der Waals surface area contributed by atoms with Gasteiger partial charge in [0.1, 0.15) is 6.04 Å². The highest BCUT2D eigenvalue weighted by atomic mass is 127. The Bertz CT molecular complexity index is 404. The Kier molecular flexibility index (Phi) is 16.2. The molecule has 0 saturated carbocycles. The molecule has 0 aromatic rings. The van der Waals surface area contributed by atoms with E-state index in [0.717, 1.165) is 14.8 Å². The summed E-state index contributed by atoms with van der Waals surface area (Å²) < 4.78 is 5.37. The highest BCUT2D eigenvalue weighted by molar-refractivity contribution is 14.2. The van der Waals surface area contributed by atoms with Crippen LogP contribution in [0.25, 0.3) is 0 Å². The predicted molar refractivity (Wildman–Crippen MR) is 114 cm³/mol. The number of carboxylic acid groups (broad SMARTS) is 1. The van der Waals surface area contributed by atoms with Crippen LogP contribution in [0, 0.1) is 0 Å². The fourth-order valence-corrected chi connectivity index (χ4v) is 3.15. The molecule has 0 heterocycles. The lowest BCUT2D eigenvalue weighted by molar-refractivity contribution is -0.160. The van der Waals surface area contributed by atoms with Crippen molar-refractivity contribution in [3.05, 3.63) is 0 Å². The second-order valence-corrected chi connectivity index (χ2v) is 11.5. The van der Waals surface area contributed by atoms with Gasteiger partial charge in [-0.1, -0.05) is 90.1 Å². The van der Waals surface area contributed by atoms with Crippen LogP contribution in [-0.4, -0.2) is 31.0 Å². The number of nitrogens with two attached hydrogens (primary N) is 1. The third-order valence-corrected chi connectivity index (χ3v) is 4.99. The summed E-state index contributed by atoms with van der Waals surface area (Å²) >= 11 is 4.89. The summed E-state index contributed by atoms with van der Waals surface area (Å²) in [6.45, 7) is 0. The summed E-state index contributed by atoms with van der Waals surface area (Å²) in [6, 6.07) is -1.06. The molecule has 0 amide bonds. The first-order valence-corrected chi connectivity index (χ1v) is 11.3. The number of rotatable bonds is 15. The molecule has 0 bridgehead atoms. The minimum Gasteiger partial charge on any atom is -0.481 e. The fraction of sp³-hybridized carbons (Fsp3) is 0.824. The highest BCUT2D eigenvalue weighted by Crippen LogP contribution is 2.18. The Labute approximate surface area is 177 Å². The van der Waals surface area contributed by atoms with Crippen LogP contribution in [0.3, 0.4) is 0 Å². The van der Waals surface area contributed by atoms with Crippen molar-refractivity contribution < 1.29 is 24.2 Å². The van der Waals surface area contributed by atoms with E-state index in [4.69, 9.17) is 10.8 Å². The second kappa shape index (κ2) is 16.2. The molecule has 25 heavy (non-hydrogen) atoms. The number of ether oxygens (including phenoxy) is 1. The van der Waals surface area contributed by atoms with Crippen molar-refractivity contribution >= 4 is 63.1 Å². The van der Waals surface area contributed by atoms with E-state index in [-0.39, 0.29) is 19.3 Å². The molecule has 0 rings (SSSR count). The summed E-state index contributed by atoms with van der Waals surface area (Å²) in [5.74, 6) is -2.46. The minimum atomic E-state index is -1.06. The van der Waals surface area contributed by atoms with Crippen molar-refractivity contribution in [1.82, 2.24) is 0 Å². The van der Waals surface area contributed by atoms with Crippen molar-refractivity contribution in [3.8, 4) is 0 Å². The molecule has 0 saturated heterocycles. The monoisotopic (exact) mass is 581 g/mol. The molecule has 146 valence electrons. The van der Waals surface area contributed by atoms with Gasteiger partial charge in [-0.15, -0.1) is 0 Å². The first-order chi connectivity index (χ1) is 11.8. The van der Waals surface area contributed by atoms with Gasteiger partial charge in [0, 0.05) is 12.8 Å². The summed E-state index contributed by atoms with van der Waals surface area (Å²) in [6.07, 6.45) is 10.2. The van der Waals surface area contributed by atoms with Crippen molar-refractivity contribution in [2.45, 2.75) is 85.0 Å². The van der Waals surface area contributed by atoms with E-state index in [2.05, 4.69) is 49.9 Å². The lowest BCUT2D eigenvalue weighted by Crippen LogP contribution is -2.34. The number of halogens is 2. The van der Waals surface area contributed by atoms with Crippen LogP contribution >= 0.6 is 45.2 Å². The van der Waals surface area contributed by atoms with E-state index < -0.39 is 23.9 Å². The van der Waals surface area contributed by atoms with Crippen LogP contribution in [0.2, 0.25) is 0 Å². The first kappa shape index (κ1) is 25.0. The van der Waals surface area contributed by atoms with Gasteiger partial charge in [0.05, 0.1) is 1.93 Å². The fourth-order valence-electron chi connectivity index (χ4n) is 2.26. The molecule has 3 N–H and O–H groups in total. The average Bonchev–Trinajstić information content (AvgIpc) is 2.53. The summed E-state index contributed by atoms with van der Waals surface area (Å²) in [5.41, 5.74) is 5.48. The number of carboxylic acids is 1. The zero-order valence-electron chi connectivity index (χ0n) is 14.6. The van der Waals surface area contributed by atoms with Crippen LogP contribution in [0.4, 0.5) is 0 Å². The highest BCUT2D eigenvalue weighted by Gasteiger charge is 2.19. The normalized spacial score (nSPS) is 12.2. The zero-order valence-corrected chi connectivity index (χ0v) is 18.9. The molecule has 0 aliphatic heterocycles. The number of carbonyl (C=O) groups excluding carboxylic acids is 2. The molecule has 0 spiro atoms. The van der Waals surface area contributed by atoms with Crippen LogP contribution in [0.5, 0.6) is 0 Å². The van der Waals surface area contributed by atoms with Gasteiger partial charge in [-0.25, -0.2) is 4.79 Å². The standard InChI is InChI=1S/C17H29I2NO5/c18-14(19)9-7-5-3-1-2-4-6-8-10-16(23)25-17(24)13(20)11-12-15(21)22/h13-14H,1-12,20H2,(H,21,22)/t13-/m0/s1. The van der Waals surface area contributed by atoms with E-state index in [0.29, 0.717) is 6.42 Å². The molecule has 8 heteroatoms. The van der Waals surface area contributed by atoms with Crippen LogP contribution in [0.1, 0.15) is 77.0 Å². The smallest absolute Gasteiger partial charge is 0.330 e. The van der Waals surface area contributed by atoms with Crippen LogP contribution < -0.4 is 5.73 Å². The number of unbranched alkanes of at least 4 members (excludes halogenated alkanes) is 7. The number of aliphatic carboxylic acids is 1. The largest absolute Gasteiger partial charge is 0.481 e. The maximum absolute atomic E-state index is 11.5. The minimum absolute atomic E-state index is 0.0300. The maximum atomic E-state index is 11.5. The molecule has 6 nitrogen and oxygen atoms in total. The van der Waals surface area contributed by atoms with Gasteiger partial charge in [-0.05, 0) is 19.3 Å². The topological polar surface area (TPSA) is 107 Å². The Morgan fingerprint density at radius 3 is 1.88 bits per heavy atom. The molecule has 1 atom stereocenters. The van der Waals surface area contributed by atoms with Gasteiger partial charge in [0.15, 0.2) is 0 Å². The SMILES string of the molecule is N[C@@H](CCC(=O)O)C(=O)OC(=O)CCCCCCCCCCC(I)I. The van der Waals surface area contributed by atoms with Gasteiger partial charge in [0.2, 0.25) is 0 Å². The molecule has 0 radical (unpaired) electrons. The zero-order chi connectivity index (χ0) is 19.1. The Hall–Kier alpha value is 0.0300. The number of carbonyl (C=O) groups is 3. The Morgan fingerprint density at radius 1 is 0.840 bits per heavy atom. The van der Waals surface area contributed by atoms with Gasteiger partial charge in [-0.3, -0.25) is 9.59 Å². The van der Waals surface area contributed by atoms with E-state index >= 15 is 0 Å². The number of hydrogen-bond donors (Lipinski definition) is 2. The Balaban J connectivity index is 3.51. The van der Waals surface area contributed by atoms with E-state index in [1.807, 2.05) is 0 Å². The van der Waals surface area contributed by atoms with Gasteiger partial charge < -0.3 is 15.6 Å². The third-order valence-electron chi connectivity index (χ3n) is 3.74. The second-order valence-electron chi connectivity index (χ2n) is 6.09. The third kappa shape index (κ3) is 17.2. The summed E-state index contributed by atoms with van der Waals surface area (Å²) in [4.78, 5) is 33.4. The van der Waals surface area contributed by atoms with Crippen LogP contribution in [0.15, 0.2) is 0 Å². The van der Waals surface area contributed by atoms with Crippen molar-refractivity contribution in [3.63, 3.8) is 0 Å². The number of esters is 2. The maximum Gasteiger partial charge on any atom is 0.330 e. The molecule has 0 aliphatic carbocycles. The molecule has 0 fully saturated rings. The molecular formula is C17H29I2NO5. The van der Waals surface area contributed by atoms with Gasteiger partial charge in [-0.2, -0.15) is 0 Å². The van der Waals surface area contributed by atoms with E-state index in [9.17, 15) is 14.4 Å². The molecule has 0 unspecified atom stereocenters. The predicted octanol–water partition coefficient (Wildman–Crippen LogP) is 4.35. The lowest BCUT2D eigenvalue weighted by atomic mass is 10.1. The molecule has 0 aliphatic rings. The number of alkyl halides is 2. The van der Waals surface area contributed by atoms with E-state index in [1.54, 1.807) is 0 Å². The summed E-state index contributed by atoms with van der Waals surface area (Å²) in [7, 11) is 0. The van der Waals surface area contributed by atoms with Crippen LogP contribution in [-0.2, 0) is 19.1 Å². The van der Waals surface area contributed by atoms with Crippen molar-refractivity contribution in [2.75, 3.05) is 0 Å². The first-order valence-electron chi connectivity index (χ1n) is 8.83. The number of hydrogen-bond acceptors (Lipinski definition) is 5. The summed E-state index contributed by atoms with van der Waals surface area (Å²) in [5, 5.41) is 8.52. The van der Waals surface area contributed by atoms with Crippen molar-refractivity contribution in [2.24, 2.45) is 5.73 Å².